The number of methoxy groups -OCH3 is 2. The van der Waals surface area contributed by atoms with E-state index < -0.39 is 0 Å². The molecule has 1 aromatic heterocycles. The van der Waals surface area contributed by atoms with Crippen LogP contribution >= 0.6 is 11.3 Å². The fourth-order valence-corrected chi connectivity index (χ4v) is 4.03. The van der Waals surface area contributed by atoms with Gasteiger partial charge in [0.2, 0.25) is 0 Å². The minimum Gasteiger partial charge on any atom is -0.493 e. The van der Waals surface area contributed by atoms with Crippen molar-refractivity contribution in [2.24, 2.45) is 12.0 Å². The van der Waals surface area contributed by atoms with Crippen LogP contribution in [0.15, 0.2) is 71.7 Å². The molecule has 0 unspecified atom stereocenters. The number of hydrogen-bond acceptors (Lipinski definition) is 5. The minimum absolute atomic E-state index is 0.317. The second-order valence-electron chi connectivity index (χ2n) is 6.48. The quantitative estimate of drug-likeness (QED) is 0.466. The molecule has 3 aromatic carbocycles. The number of rotatable bonds is 5. The van der Waals surface area contributed by atoms with Crippen molar-refractivity contribution in [3.05, 3.63) is 77.1 Å². The number of nitrogens with zero attached hydrogens (tertiary/aromatic N) is 2. The van der Waals surface area contributed by atoms with Gasteiger partial charge in [-0.2, -0.15) is 4.99 Å². The number of carbonyl (C=O) groups is 1. The highest BCUT2D eigenvalue weighted by atomic mass is 32.1. The van der Waals surface area contributed by atoms with Gasteiger partial charge < -0.3 is 18.8 Å². The molecule has 6 nitrogen and oxygen atoms in total. The number of para-hydroxylation sites is 1. The molecule has 0 atom stereocenters. The van der Waals surface area contributed by atoms with Crippen LogP contribution in [0.2, 0.25) is 0 Å². The fourth-order valence-electron chi connectivity index (χ4n) is 3.00. The molecule has 4 rings (SSSR count). The minimum atomic E-state index is -0.317. The monoisotopic (exact) mass is 420 g/mol. The Labute approximate surface area is 177 Å². The lowest BCUT2D eigenvalue weighted by molar-refractivity contribution is 0.0998. The third-order valence-electron chi connectivity index (χ3n) is 4.59. The van der Waals surface area contributed by atoms with Crippen molar-refractivity contribution in [2.45, 2.75) is 0 Å². The molecule has 1 heterocycles. The van der Waals surface area contributed by atoms with Gasteiger partial charge in [0.05, 0.1) is 24.4 Å². The predicted molar refractivity (Wildman–Crippen MR) is 117 cm³/mol. The number of hydrogen-bond donors (Lipinski definition) is 0. The second kappa shape index (κ2) is 8.42. The third kappa shape index (κ3) is 3.92. The Balaban J connectivity index is 1.62. The van der Waals surface area contributed by atoms with Crippen molar-refractivity contribution < 1.29 is 19.0 Å². The summed E-state index contributed by atoms with van der Waals surface area (Å²) in [5.41, 5.74) is 1.40. The molecule has 0 aliphatic heterocycles. The molecule has 0 aliphatic carbocycles. The highest BCUT2D eigenvalue weighted by Crippen LogP contribution is 2.33. The van der Waals surface area contributed by atoms with E-state index in [9.17, 15) is 4.79 Å². The number of ether oxygens (including phenoxy) is 3. The smallest absolute Gasteiger partial charge is 0.279 e. The standard InChI is InChI=1S/C23H20N2O4S/c1-25-18-13-19(27-2)20(28-3)14-21(18)30-23(25)24-22(26)15-9-11-17(12-10-15)29-16-7-5-4-6-8-16/h4-14H,1-3H3. The van der Waals surface area contributed by atoms with Crippen LogP contribution in [0.1, 0.15) is 10.4 Å². The topological polar surface area (TPSA) is 62.0 Å². The lowest BCUT2D eigenvalue weighted by Crippen LogP contribution is -2.13. The van der Waals surface area contributed by atoms with Crippen molar-refractivity contribution >= 4 is 27.5 Å². The number of benzene rings is 3. The SMILES string of the molecule is COc1cc2sc(=NC(=O)c3ccc(Oc4ccccc4)cc3)n(C)c2cc1OC. The molecule has 7 heteroatoms. The predicted octanol–water partition coefficient (Wildman–Crippen LogP) is 4.79. The van der Waals surface area contributed by atoms with Gasteiger partial charge in [-0.1, -0.05) is 29.5 Å². The summed E-state index contributed by atoms with van der Waals surface area (Å²) in [7, 11) is 5.06. The average molecular weight is 420 g/mol. The third-order valence-corrected chi connectivity index (χ3v) is 5.69. The Bertz CT molecular complexity index is 1260. The number of thiazole rings is 1. The Hall–Kier alpha value is -3.58. The second-order valence-corrected chi connectivity index (χ2v) is 7.48. The Morgan fingerprint density at radius 2 is 1.53 bits per heavy atom. The summed E-state index contributed by atoms with van der Waals surface area (Å²) in [4.78, 5) is 17.6. The van der Waals surface area contributed by atoms with E-state index in [4.69, 9.17) is 14.2 Å². The average Bonchev–Trinajstić information content (AvgIpc) is 3.08. The van der Waals surface area contributed by atoms with E-state index in [1.54, 1.807) is 38.5 Å². The lowest BCUT2D eigenvalue weighted by atomic mass is 10.2. The van der Waals surface area contributed by atoms with Crippen LogP contribution in [0.25, 0.3) is 10.2 Å². The Morgan fingerprint density at radius 3 is 2.20 bits per heavy atom. The largest absolute Gasteiger partial charge is 0.493 e. The molecule has 0 aliphatic rings. The molecule has 0 bridgehead atoms. The van der Waals surface area contributed by atoms with Gasteiger partial charge in [-0.3, -0.25) is 4.79 Å². The van der Waals surface area contributed by atoms with Crippen molar-refractivity contribution in [3.8, 4) is 23.0 Å². The molecule has 0 fully saturated rings. The summed E-state index contributed by atoms with van der Waals surface area (Å²) >= 11 is 1.42. The Kier molecular flexibility index (Phi) is 5.54. The molecule has 4 aromatic rings. The molecule has 0 spiro atoms. The van der Waals surface area contributed by atoms with Crippen LogP contribution in [0, 0.1) is 0 Å². The van der Waals surface area contributed by atoms with Crippen molar-refractivity contribution in [3.63, 3.8) is 0 Å². The summed E-state index contributed by atoms with van der Waals surface area (Å²) in [6.07, 6.45) is 0. The van der Waals surface area contributed by atoms with Gasteiger partial charge in [0, 0.05) is 24.7 Å². The maximum absolute atomic E-state index is 12.7. The number of aromatic nitrogens is 1. The zero-order chi connectivity index (χ0) is 21.1. The van der Waals surface area contributed by atoms with Gasteiger partial charge >= 0.3 is 0 Å². The van der Waals surface area contributed by atoms with E-state index in [0.29, 0.717) is 27.6 Å². The van der Waals surface area contributed by atoms with E-state index in [1.165, 1.54) is 11.3 Å². The van der Waals surface area contributed by atoms with E-state index in [-0.39, 0.29) is 5.91 Å². The van der Waals surface area contributed by atoms with Crippen LogP contribution in [-0.2, 0) is 7.05 Å². The number of carbonyl (C=O) groups excluding carboxylic acids is 1. The molecule has 0 radical (unpaired) electrons. The Morgan fingerprint density at radius 1 is 0.900 bits per heavy atom. The van der Waals surface area contributed by atoms with Crippen LogP contribution in [0.4, 0.5) is 0 Å². The van der Waals surface area contributed by atoms with E-state index >= 15 is 0 Å². The number of amides is 1. The van der Waals surface area contributed by atoms with Crippen molar-refractivity contribution in [1.82, 2.24) is 4.57 Å². The molecule has 0 N–H and O–H groups in total. The summed E-state index contributed by atoms with van der Waals surface area (Å²) < 4.78 is 19.3. The van der Waals surface area contributed by atoms with E-state index in [0.717, 1.165) is 16.0 Å². The van der Waals surface area contributed by atoms with Crippen LogP contribution in [0.3, 0.4) is 0 Å². The first-order chi connectivity index (χ1) is 14.6. The van der Waals surface area contributed by atoms with Crippen LogP contribution in [0.5, 0.6) is 23.0 Å². The lowest BCUT2D eigenvalue weighted by Gasteiger charge is -2.07. The summed E-state index contributed by atoms with van der Waals surface area (Å²) in [6, 6.07) is 20.2. The summed E-state index contributed by atoms with van der Waals surface area (Å²) in [6.45, 7) is 0. The molecule has 152 valence electrons. The van der Waals surface area contributed by atoms with Gasteiger partial charge in [-0.25, -0.2) is 0 Å². The van der Waals surface area contributed by atoms with Gasteiger partial charge in [-0.15, -0.1) is 0 Å². The maximum Gasteiger partial charge on any atom is 0.279 e. The molecule has 0 saturated heterocycles. The number of fused-ring (bicyclic) bond motifs is 1. The summed E-state index contributed by atoms with van der Waals surface area (Å²) in [5, 5.41) is 0. The van der Waals surface area contributed by atoms with Gasteiger partial charge in [0.15, 0.2) is 16.3 Å². The molecular formula is C23H20N2O4S. The van der Waals surface area contributed by atoms with Gasteiger partial charge in [0.25, 0.3) is 5.91 Å². The van der Waals surface area contributed by atoms with E-state index in [1.807, 2.05) is 54.1 Å². The van der Waals surface area contributed by atoms with Gasteiger partial charge in [-0.05, 0) is 36.4 Å². The maximum atomic E-state index is 12.7. The first-order valence-corrected chi connectivity index (χ1v) is 10.0. The molecular weight excluding hydrogens is 400 g/mol. The molecule has 1 amide bonds. The summed E-state index contributed by atoms with van der Waals surface area (Å²) in [5.74, 6) is 2.35. The van der Waals surface area contributed by atoms with Crippen molar-refractivity contribution in [1.29, 1.82) is 0 Å². The van der Waals surface area contributed by atoms with E-state index in [2.05, 4.69) is 4.99 Å². The van der Waals surface area contributed by atoms with Crippen molar-refractivity contribution in [2.75, 3.05) is 14.2 Å². The highest BCUT2D eigenvalue weighted by Gasteiger charge is 2.12. The van der Waals surface area contributed by atoms with Crippen LogP contribution in [-0.4, -0.2) is 24.7 Å². The zero-order valence-electron chi connectivity index (χ0n) is 16.8. The molecule has 0 saturated carbocycles. The van der Waals surface area contributed by atoms with Crippen LogP contribution < -0.4 is 19.0 Å². The fraction of sp³-hybridized carbons (Fsp3) is 0.130. The normalized spacial score (nSPS) is 11.5. The number of aryl methyl sites for hydroxylation is 1. The van der Waals surface area contributed by atoms with Gasteiger partial charge in [0.1, 0.15) is 11.5 Å². The first-order valence-electron chi connectivity index (χ1n) is 9.22. The zero-order valence-corrected chi connectivity index (χ0v) is 17.6. The highest BCUT2D eigenvalue weighted by molar-refractivity contribution is 7.16. The first kappa shape index (κ1) is 19.7. The molecule has 30 heavy (non-hydrogen) atoms.